The Labute approximate surface area is 202 Å². The summed E-state index contributed by atoms with van der Waals surface area (Å²) < 4.78 is 17.5. The Bertz CT molecular complexity index is 853. The number of unbranched alkanes of at least 4 members (excludes halogenated alkanes) is 2. The molecule has 0 saturated carbocycles. The van der Waals surface area contributed by atoms with E-state index >= 15 is 0 Å². The Morgan fingerprint density at radius 2 is 1.70 bits per heavy atom. The molecule has 0 fully saturated rings. The standard InChI is InChI=1S/C25H37ClN2O5/c1-6-9-11-32-20-14-21(33-12-10-7-2)18(13-17(20)16(4)5)23-22(24(29)31-8-3)19(15-26)27-25(30)28-23/h13-14,16,23H,6-12,15H2,1-5H3,(H2,27,28,30). The average molecular weight is 481 g/mol. The molecule has 1 unspecified atom stereocenters. The lowest BCUT2D eigenvalue weighted by Gasteiger charge is -2.31. The molecule has 0 spiro atoms. The Morgan fingerprint density at radius 3 is 2.24 bits per heavy atom. The van der Waals surface area contributed by atoms with E-state index in [0.29, 0.717) is 30.2 Å². The second-order valence-electron chi connectivity index (χ2n) is 8.26. The van der Waals surface area contributed by atoms with Crippen LogP contribution in [0.2, 0.25) is 0 Å². The van der Waals surface area contributed by atoms with Crippen LogP contribution < -0.4 is 20.1 Å². The number of carbonyl (C=O) groups is 2. The van der Waals surface area contributed by atoms with Crippen LogP contribution in [0.25, 0.3) is 0 Å². The van der Waals surface area contributed by atoms with E-state index in [0.717, 1.165) is 37.0 Å². The van der Waals surface area contributed by atoms with E-state index in [1.54, 1.807) is 6.92 Å². The van der Waals surface area contributed by atoms with Crippen molar-refractivity contribution in [2.24, 2.45) is 0 Å². The number of alkyl halides is 1. The van der Waals surface area contributed by atoms with Gasteiger partial charge in [0.25, 0.3) is 0 Å². The molecule has 0 bridgehead atoms. The lowest BCUT2D eigenvalue weighted by molar-refractivity contribution is -0.139. The first-order chi connectivity index (χ1) is 15.9. The molecule has 2 N–H and O–H groups in total. The van der Waals surface area contributed by atoms with Crippen molar-refractivity contribution in [2.45, 2.75) is 72.3 Å². The van der Waals surface area contributed by atoms with E-state index in [1.165, 1.54) is 0 Å². The molecule has 33 heavy (non-hydrogen) atoms. The number of allylic oxidation sites excluding steroid dienone is 1. The predicted octanol–water partition coefficient (Wildman–Crippen LogP) is 5.58. The molecular weight excluding hydrogens is 444 g/mol. The van der Waals surface area contributed by atoms with Crippen molar-refractivity contribution < 1.29 is 23.8 Å². The highest BCUT2D eigenvalue weighted by atomic mass is 35.5. The van der Waals surface area contributed by atoms with Gasteiger partial charge in [0.05, 0.1) is 37.3 Å². The molecule has 1 heterocycles. The number of ether oxygens (including phenoxy) is 3. The van der Waals surface area contributed by atoms with Gasteiger partial charge in [0.15, 0.2) is 0 Å². The van der Waals surface area contributed by atoms with Gasteiger partial charge in [-0.2, -0.15) is 0 Å². The van der Waals surface area contributed by atoms with Crippen LogP contribution in [0.5, 0.6) is 11.5 Å². The lowest BCUT2D eigenvalue weighted by Crippen LogP contribution is -2.46. The Balaban J connectivity index is 2.65. The van der Waals surface area contributed by atoms with Crippen LogP contribution in [0, 0.1) is 0 Å². The van der Waals surface area contributed by atoms with E-state index in [-0.39, 0.29) is 24.0 Å². The van der Waals surface area contributed by atoms with Gasteiger partial charge in [-0.1, -0.05) is 40.5 Å². The van der Waals surface area contributed by atoms with Crippen molar-refractivity contribution in [1.29, 1.82) is 0 Å². The number of halogens is 1. The molecule has 1 aliphatic rings. The summed E-state index contributed by atoms with van der Waals surface area (Å²) in [5.74, 6) is 0.930. The van der Waals surface area contributed by atoms with Gasteiger partial charge in [-0.3, -0.25) is 0 Å². The summed E-state index contributed by atoms with van der Waals surface area (Å²) in [6, 6.07) is 2.66. The number of amides is 2. The SMILES string of the molecule is CCCCOc1cc(OCCCC)c(C2NC(=O)NC(CCl)=C2C(=O)OCC)cc1C(C)C. The molecule has 8 heteroatoms. The van der Waals surface area contributed by atoms with Gasteiger partial charge < -0.3 is 24.8 Å². The fourth-order valence-electron chi connectivity index (χ4n) is 3.58. The van der Waals surface area contributed by atoms with Crippen molar-refractivity contribution in [3.63, 3.8) is 0 Å². The predicted molar refractivity (Wildman–Crippen MR) is 130 cm³/mol. The molecule has 1 aliphatic heterocycles. The van der Waals surface area contributed by atoms with Crippen LogP contribution in [0.3, 0.4) is 0 Å². The van der Waals surface area contributed by atoms with Crippen molar-refractivity contribution in [1.82, 2.24) is 10.6 Å². The molecule has 0 aliphatic carbocycles. The van der Waals surface area contributed by atoms with Gasteiger partial charge >= 0.3 is 12.0 Å². The number of hydrogen-bond acceptors (Lipinski definition) is 5. The zero-order chi connectivity index (χ0) is 24.4. The summed E-state index contributed by atoms with van der Waals surface area (Å²) in [4.78, 5) is 25.3. The van der Waals surface area contributed by atoms with Crippen molar-refractivity contribution in [3.05, 3.63) is 34.5 Å². The molecule has 7 nitrogen and oxygen atoms in total. The minimum Gasteiger partial charge on any atom is -0.493 e. The van der Waals surface area contributed by atoms with Crippen LogP contribution >= 0.6 is 11.6 Å². The summed E-state index contributed by atoms with van der Waals surface area (Å²) >= 11 is 6.10. The lowest BCUT2D eigenvalue weighted by atomic mass is 9.90. The molecule has 1 aromatic carbocycles. The quantitative estimate of drug-likeness (QED) is 0.219. The highest BCUT2D eigenvalue weighted by Gasteiger charge is 2.36. The summed E-state index contributed by atoms with van der Waals surface area (Å²) in [7, 11) is 0. The number of benzene rings is 1. The molecule has 2 rings (SSSR count). The maximum atomic E-state index is 12.9. The molecule has 0 radical (unpaired) electrons. The normalized spacial score (nSPS) is 15.8. The topological polar surface area (TPSA) is 85.9 Å². The third kappa shape index (κ3) is 7.03. The van der Waals surface area contributed by atoms with Crippen molar-refractivity contribution in [3.8, 4) is 11.5 Å². The molecular formula is C25H37ClN2O5. The zero-order valence-corrected chi connectivity index (χ0v) is 21.1. The van der Waals surface area contributed by atoms with Crippen LogP contribution in [0.4, 0.5) is 4.79 Å². The largest absolute Gasteiger partial charge is 0.493 e. The van der Waals surface area contributed by atoms with Crippen molar-refractivity contribution >= 4 is 23.6 Å². The molecule has 2 amide bonds. The zero-order valence-electron chi connectivity index (χ0n) is 20.4. The van der Waals surface area contributed by atoms with Crippen LogP contribution in [0.1, 0.15) is 83.4 Å². The summed E-state index contributed by atoms with van der Waals surface area (Å²) in [5, 5.41) is 5.51. The number of esters is 1. The number of rotatable bonds is 13. The van der Waals surface area contributed by atoms with E-state index in [4.69, 9.17) is 25.8 Å². The minimum atomic E-state index is -0.759. The Kier molecular flexibility index (Phi) is 10.8. The number of hydrogen-bond donors (Lipinski definition) is 2. The van der Waals surface area contributed by atoms with Gasteiger partial charge in [-0.15, -0.1) is 11.6 Å². The first-order valence-corrected chi connectivity index (χ1v) is 12.4. The fraction of sp³-hybridized carbons (Fsp3) is 0.600. The molecule has 184 valence electrons. The Hall–Kier alpha value is -2.41. The smallest absolute Gasteiger partial charge is 0.338 e. The molecule has 1 aromatic rings. The third-order valence-corrected chi connectivity index (χ3v) is 5.64. The van der Waals surface area contributed by atoms with Gasteiger partial charge in [0.2, 0.25) is 0 Å². The number of urea groups is 1. The van der Waals surface area contributed by atoms with Gasteiger partial charge in [-0.25, -0.2) is 9.59 Å². The van der Waals surface area contributed by atoms with Crippen LogP contribution in [-0.2, 0) is 9.53 Å². The average Bonchev–Trinajstić information content (AvgIpc) is 2.78. The summed E-state index contributed by atoms with van der Waals surface area (Å²) in [5.41, 5.74) is 2.27. The second-order valence-corrected chi connectivity index (χ2v) is 8.53. The highest BCUT2D eigenvalue weighted by molar-refractivity contribution is 6.20. The molecule has 0 saturated heterocycles. The molecule has 0 aromatic heterocycles. The van der Waals surface area contributed by atoms with Gasteiger partial charge in [0, 0.05) is 17.3 Å². The maximum Gasteiger partial charge on any atom is 0.338 e. The second kappa shape index (κ2) is 13.3. The van der Waals surface area contributed by atoms with Crippen molar-refractivity contribution in [2.75, 3.05) is 25.7 Å². The third-order valence-electron chi connectivity index (χ3n) is 5.37. The number of carbonyl (C=O) groups excluding carboxylic acids is 2. The van der Waals surface area contributed by atoms with Gasteiger partial charge in [0.1, 0.15) is 11.5 Å². The van der Waals surface area contributed by atoms with E-state index in [2.05, 4.69) is 38.3 Å². The van der Waals surface area contributed by atoms with Crippen LogP contribution in [0.15, 0.2) is 23.4 Å². The van der Waals surface area contributed by atoms with Gasteiger partial charge in [-0.05, 0) is 37.3 Å². The maximum absolute atomic E-state index is 12.9. The van der Waals surface area contributed by atoms with E-state index in [9.17, 15) is 9.59 Å². The first kappa shape index (κ1) is 26.8. The highest BCUT2D eigenvalue weighted by Crippen LogP contribution is 2.40. The number of nitrogens with one attached hydrogen (secondary N) is 2. The monoisotopic (exact) mass is 480 g/mol. The minimum absolute atomic E-state index is 0.0284. The summed E-state index contributed by atoms with van der Waals surface area (Å²) in [6.45, 7) is 11.4. The molecule has 1 atom stereocenters. The van der Waals surface area contributed by atoms with E-state index in [1.807, 2.05) is 12.1 Å². The summed E-state index contributed by atoms with van der Waals surface area (Å²) in [6.07, 6.45) is 3.84. The Morgan fingerprint density at radius 1 is 1.06 bits per heavy atom. The van der Waals surface area contributed by atoms with E-state index < -0.39 is 18.0 Å². The first-order valence-electron chi connectivity index (χ1n) is 11.8. The fourth-order valence-corrected chi connectivity index (χ4v) is 3.79. The van der Waals surface area contributed by atoms with Crippen LogP contribution in [-0.4, -0.2) is 37.7 Å².